The standard InChI is InChI=1S/C22H21Cl3N2O2/c1-2-22(29)27-9-7-26(8-10-27)6-5-15-11-18(21(25)12-16(15)14-28)19-13-17(23)3-4-20(19)24/h2-4,11-14H,1,5-10H2. The van der Waals surface area contributed by atoms with Crippen LogP contribution in [0, 0.1) is 0 Å². The van der Waals surface area contributed by atoms with Gasteiger partial charge in [-0.2, -0.15) is 0 Å². The molecule has 1 amide bonds. The molecule has 1 aliphatic rings. The topological polar surface area (TPSA) is 40.6 Å². The van der Waals surface area contributed by atoms with Crippen LogP contribution in [0.1, 0.15) is 15.9 Å². The van der Waals surface area contributed by atoms with Gasteiger partial charge in [-0.1, -0.05) is 41.4 Å². The summed E-state index contributed by atoms with van der Waals surface area (Å²) in [5.74, 6) is -0.0337. The molecule has 0 unspecified atom stereocenters. The van der Waals surface area contributed by atoms with Crippen LogP contribution in [0.2, 0.25) is 15.1 Å². The van der Waals surface area contributed by atoms with Crippen molar-refractivity contribution >= 4 is 47.0 Å². The van der Waals surface area contributed by atoms with Crippen molar-refractivity contribution in [3.05, 3.63) is 69.2 Å². The fraction of sp³-hybridized carbons (Fsp3) is 0.273. The van der Waals surface area contributed by atoms with Crippen LogP contribution in [0.4, 0.5) is 0 Å². The zero-order chi connectivity index (χ0) is 21.0. The van der Waals surface area contributed by atoms with Crippen LogP contribution in [0.25, 0.3) is 11.1 Å². The Kier molecular flexibility index (Phi) is 7.36. The minimum atomic E-state index is -0.0337. The van der Waals surface area contributed by atoms with Gasteiger partial charge in [0, 0.05) is 64.5 Å². The lowest BCUT2D eigenvalue weighted by atomic mass is 9.97. The number of hydrogen-bond acceptors (Lipinski definition) is 3. The SMILES string of the molecule is C=CC(=O)N1CCN(CCc2cc(-c3cc(Cl)ccc3Cl)c(Cl)cc2C=O)CC1. The third kappa shape index (κ3) is 5.20. The molecule has 1 fully saturated rings. The number of amides is 1. The third-order valence-electron chi connectivity index (χ3n) is 5.13. The average Bonchev–Trinajstić information content (AvgIpc) is 2.74. The second-order valence-electron chi connectivity index (χ2n) is 6.89. The first-order valence-corrected chi connectivity index (χ1v) is 10.4. The van der Waals surface area contributed by atoms with Gasteiger partial charge >= 0.3 is 0 Å². The number of halogens is 3. The van der Waals surface area contributed by atoms with Gasteiger partial charge in [-0.15, -0.1) is 0 Å². The summed E-state index contributed by atoms with van der Waals surface area (Å²) in [6.07, 6.45) is 2.86. The van der Waals surface area contributed by atoms with Crippen molar-refractivity contribution in [3.8, 4) is 11.1 Å². The van der Waals surface area contributed by atoms with Gasteiger partial charge in [-0.3, -0.25) is 14.5 Å². The maximum Gasteiger partial charge on any atom is 0.246 e. The van der Waals surface area contributed by atoms with E-state index in [1.807, 2.05) is 6.07 Å². The highest BCUT2D eigenvalue weighted by Crippen LogP contribution is 2.36. The number of piperazine rings is 1. The second-order valence-corrected chi connectivity index (χ2v) is 8.14. The normalized spacial score (nSPS) is 14.7. The Hall–Kier alpha value is -1.85. The van der Waals surface area contributed by atoms with E-state index in [1.165, 1.54) is 6.08 Å². The second kappa shape index (κ2) is 9.77. The molecule has 0 atom stereocenters. The Balaban J connectivity index is 1.77. The van der Waals surface area contributed by atoms with Gasteiger partial charge in [0.2, 0.25) is 5.91 Å². The zero-order valence-corrected chi connectivity index (χ0v) is 18.1. The Morgan fingerprint density at radius 1 is 1.00 bits per heavy atom. The molecular weight excluding hydrogens is 431 g/mol. The molecule has 7 heteroatoms. The molecule has 0 N–H and O–H groups in total. The fourth-order valence-corrected chi connectivity index (χ4v) is 4.13. The molecule has 3 rings (SSSR count). The lowest BCUT2D eigenvalue weighted by Gasteiger charge is -2.34. The summed E-state index contributed by atoms with van der Waals surface area (Å²) < 4.78 is 0. The van der Waals surface area contributed by atoms with Crippen molar-refractivity contribution < 1.29 is 9.59 Å². The number of hydrogen-bond donors (Lipinski definition) is 0. The summed E-state index contributed by atoms with van der Waals surface area (Å²) in [6.45, 7) is 7.24. The zero-order valence-electron chi connectivity index (χ0n) is 15.8. The van der Waals surface area contributed by atoms with E-state index < -0.39 is 0 Å². The summed E-state index contributed by atoms with van der Waals surface area (Å²) in [5.41, 5.74) is 2.96. The van der Waals surface area contributed by atoms with E-state index in [4.69, 9.17) is 34.8 Å². The van der Waals surface area contributed by atoms with Gasteiger partial charge in [0.15, 0.2) is 0 Å². The van der Waals surface area contributed by atoms with E-state index in [-0.39, 0.29) is 5.91 Å². The molecule has 0 aliphatic carbocycles. The Bertz CT molecular complexity index is 938. The lowest BCUT2D eigenvalue weighted by molar-refractivity contribution is -0.127. The summed E-state index contributed by atoms with van der Waals surface area (Å²) in [5, 5.41) is 1.56. The van der Waals surface area contributed by atoms with Crippen LogP contribution < -0.4 is 0 Å². The maximum atomic E-state index is 11.7. The van der Waals surface area contributed by atoms with E-state index in [2.05, 4.69) is 11.5 Å². The minimum Gasteiger partial charge on any atom is -0.337 e. The first-order valence-electron chi connectivity index (χ1n) is 9.29. The Morgan fingerprint density at radius 2 is 1.69 bits per heavy atom. The summed E-state index contributed by atoms with van der Waals surface area (Å²) in [6, 6.07) is 8.81. The molecule has 2 aromatic carbocycles. The smallest absolute Gasteiger partial charge is 0.246 e. The van der Waals surface area contributed by atoms with Crippen LogP contribution in [-0.2, 0) is 11.2 Å². The molecular formula is C22H21Cl3N2O2. The Labute approximate surface area is 185 Å². The third-order valence-corrected chi connectivity index (χ3v) is 6.01. The van der Waals surface area contributed by atoms with Crippen molar-refractivity contribution in [1.29, 1.82) is 0 Å². The van der Waals surface area contributed by atoms with Gasteiger partial charge in [0.25, 0.3) is 0 Å². The molecule has 1 heterocycles. The summed E-state index contributed by atoms with van der Waals surface area (Å²) in [4.78, 5) is 27.4. The minimum absolute atomic E-state index is 0.0337. The molecule has 29 heavy (non-hydrogen) atoms. The quantitative estimate of drug-likeness (QED) is 0.458. The predicted octanol–water partition coefficient (Wildman–Crippen LogP) is 5.00. The van der Waals surface area contributed by atoms with Crippen LogP contribution in [-0.4, -0.2) is 54.7 Å². The molecule has 0 aromatic heterocycles. The summed E-state index contributed by atoms with van der Waals surface area (Å²) in [7, 11) is 0. The van der Waals surface area contributed by atoms with E-state index >= 15 is 0 Å². The molecule has 0 spiro atoms. The highest BCUT2D eigenvalue weighted by Gasteiger charge is 2.20. The molecule has 2 aromatic rings. The number of nitrogens with zero attached hydrogens (tertiary/aromatic N) is 2. The van der Waals surface area contributed by atoms with E-state index in [0.717, 1.165) is 42.6 Å². The molecule has 4 nitrogen and oxygen atoms in total. The van der Waals surface area contributed by atoms with E-state index in [0.29, 0.717) is 40.1 Å². The first-order chi connectivity index (χ1) is 13.9. The fourth-order valence-electron chi connectivity index (χ4n) is 3.47. The van der Waals surface area contributed by atoms with Gasteiger partial charge in [0.05, 0.1) is 0 Å². The Morgan fingerprint density at radius 3 is 2.34 bits per heavy atom. The number of carbonyl (C=O) groups excluding carboxylic acids is 2. The van der Waals surface area contributed by atoms with Gasteiger partial charge in [-0.25, -0.2) is 0 Å². The van der Waals surface area contributed by atoms with E-state index in [9.17, 15) is 9.59 Å². The highest BCUT2D eigenvalue weighted by molar-refractivity contribution is 6.37. The van der Waals surface area contributed by atoms with Crippen molar-refractivity contribution in [1.82, 2.24) is 9.80 Å². The first kappa shape index (κ1) is 21.8. The number of carbonyl (C=O) groups is 2. The number of aldehydes is 1. The molecule has 0 radical (unpaired) electrons. The van der Waals surface area contributed by atoms with Crippen LogP contribution in [0.5, 0.6) is 0 Å². The molecule has 0 bridgehead atoms. The average molecular weight is 452 g/mol. The molecule has 0 saturated carbocycles. The van der Waals surface area contributed by atoms with Gasteiger partial charge < -0.3 is 4.90 Å². The van der Waals surface area contributed by atoms with Crippen molar-refractivity contribution in [2.24, 2.45) is 0 Å². The molecule has 152 valence electrons. The van der Waals surface area contributed by atoms with Crippen molar-refractivity contribution in [3.63, 3.8) is 0 Å². The number of rotatable bonds is 6. The van der Waals surface area contributed by atoms with Crippen LogP contribution in [0.15, 0.2) is 43.0 Å². The van der Waals surface area contributed by atoms with Crippen LogP contribution >= 0.6 is 34.8 Å². The predicted molar refractivity (Wildman–Crippen MR) is 119 cm³/mol. The van der Waals surface area contributed by atoms with Crippen molar-refractivity contribution in [2.75, 3.05) is 32.7 Å². The highest BCUT2D eigenvalue weighted by atomic mass is 35.5. The molecule has 1 saturated heterocycles. The van der Waals surface area contributed by atoms with Crippen molar-refractivity contribution in [2.45, 2.75) is 6.42 Å². The number of benzene rings is 2. The monoisotopic (exact) mass is 450 g/mol. The van der Waals surface area contributed by atoms with Gasteiger partial charge in [0.1, 0.15) is 6.29 Å². The van der Waals surface area contributed by atoms with Gasteiger partial charge in [-0.05, 0) is 48.4 Å². The maximum absolute atomic E-state index is 11.7. The lowest BCUT2D eigenvalue weighted by Crippen LogP contribution is -2.48. The molecule has 1 aliphatic heterocycles. The summed E-state index contributed by atoms with van der Waals surface area (Å²) >= 11 is 18.9. The largest absolute Gasteiger partial charge is 0.337 e. The van der Waals surface area contributed by atoms with E-state index in [1.54, 1.807) is 29.2 Å². The van der Waals surface area contributed by atoms with Crippen LogP contribution in [0.3, 0.4) is 0 Å².